The molecule has 0 radical (unpaired) electrons. The average Bonchev–Trinajstić information content (AvgIpc) is 3.16. The molecule has 0 bridgehead atoms. The molecule has 3 rings (SSSR count). The zero-order valence-corrected chi connectivity index (χ0v) is 18.5. The number of carbonyl (C=O) groups excluding carboxylic acids is 1. The lowest BCUT2D eigenvalue weighted by molar-refractivity contribution is -0.115. The molecule has 0 unspecified atom stereocenters. The van der Waals surface area contributed by atoms with Gasteiger partial charge in [-0.15, -0.1) is 5.10 Å². The van der Waals surface area contributed by atoms with E-state index in [0.717, 1.165) is 16.9 Å². The lowest BCUT2D eigenvalue weighted by atomic mass is 10.1. The van der Waals surface area contributed by atoms with Crippen LogP contribution in [0.3, 0.4) is 0 Å². The van der Waals surface area contributed by atoms with Crippen molar-refractivity contribution in [3.63, 3.8) is 0 Å². The van der Waals surface area contributed by atoms with Crippen molar-refractivity contribution in [1.82, 2.24) is 10.2 Å². The van der Waals surface area contributed by atoms with Gasteiger partial charge in [-0.25, -0.2) is 8.42 Å². The molecular weight excluding hydrogens is 418 g/mol. The Labute approximate surface area is 181 Å². The van der Waals surface area contributed by atoms with Gasteiger partial charge in [-0.05, 0) is 56.2 Å². The van der Waals surface area contributed by atoms with Crippen LogP contribution in [-0.4, -0.2) is 36.4 Å². The van der Waals surface area contributed by atoms with Crippen molar-refractivity contribution < 1.29 is 22.4 Å². The van der Waals surface area contributed by atoms with E-state index in [1.807, 2.05) is 31.2 Å². The summed E-state index contributed by atoms with van der Waals surface area (Å²) in [6, 6.07) is 13.9. The minimum Gasteiger partial charge on any atom is -0.494 e. The van der Waals surface area contributed by atoms with Gasteiger partial charge in [0.2, 0.25) is 11.8 Å². The van der Waals surface area contributed by atoms with Crippen LogP contribution in [0, 0.1) is 0 Å². The Morgan fingerprint density at radius 3 is 2.29 bits per heavy atom. The maximum atomic E-state index is 12.2. The van der Waals surface area contributed by atoms with Gasteiger partial charge >= 0.3 is 6.01 Å². The summed E-state index contributed by atoms with van der Waals surface area (Å²) in [5.41, 5.74) is 1.65. The number of nitrogens with one attached hydrogen (secondary N) is 1. The molecule has 0 saturated heterocycles. The molecule has 1 amide bonds. The number of sulfone groups is 1. The Bertz CT molecular complexity index is 1120. The predicted octanol–water partition coefficient (Wildman–Crippen LogP) is 3.42. The lowest BCUT2D eigenvalue weighted by Crippen LogP contribution is -2.14. The fourth-order valence-electron chi connectivity index (χ4n) is 2.84. The monoisotopic (exact) mass is 443 g/mol. The van der Waals surface area contributed by atoms with E-state index < -0.39 is 15.1 Å². The third-order valence-corrected chi connectivity index (χ3v) is 6.71. The van der Waals surface area contributed by atoms with Gasteiger partial charge in [0, 0.05) is 0 Å². The predicted molar refractivity (Wildman–Crippen MR) is 116 cm³/mol. The van der Waals surface area contributed by atoms with Gasteiger partial charge in [-0.3, -0.25) is 10.1 Å². The highest BCUT2D eigenvalue weighted by Gasteiger charge is 2.19. The summed E-state index contributed by atoms with van der Waals surface area (Å²) < 4.78 is 35.3. The molecule has 0 saturated carbocycles. The van der Waals surface area contributed by atoms with Crippen molar-refractivity contribution in [1.29, 1.82) is 0 Å². The third kappa shape index (κ3) is 5.91. The highest BCUT2D eigenvalue weighted by Crippen LogP contribution is 2.19. The van der Waals surface area contributed by atoms with Crippen molar-refractivity contribution in [3.05, 3.63) is 65.5 Å². The molecular formula is C22H25N3O5S. The first kappa shape index (κ1) is 22.5. The number of hydrogen-bond donors (Lipinski definition) is 1. The summed E-state index contributed by atoms with van der Waals surface area (Å²) in [4.78, 5) is 12.5. The Balaban J connectivity index is 1.57. The first-order valence-electron chi connectivity index (χ1n) is 9.94. The van der Waals surface area contributed by atoms with E-state index in [2.05, 4.69) is 15.5 Å². The topological polar surface area (TPSA) is 111 Å². The van der Waals surface area contributed by atoms with Crippen molar-refractivity contribution in [2.75, 3.05) is 11.9 Å². The van der Waals surface area contributed by atoms with Gasteiger partial charge in [0.15, 0.2) is 9.84 Å². The molecule has 9 heteroatoms. The summed E-state index contributed by atoms with van der Waals surface area (Å²) in [5, 5.41) is 9.89. The standard InChI is InChI=1S/C22H25N3O5S/c1-4-29-18-9-5-16(6-10-18)13-20(26)23-22-25-24-21(30-22)14-17-7-11-19(12-8-17)31(27,28)15(2)3/h5-12,15H,4,13-14H2,1-3H3,(H,23,25,26). The smallest absolute Gasteiger partial charge is 0.322 e. The molecule has 0 aliphatic heterocycles. The Morgan fingerprint density at radius 1 is 1.03 bits per heavy atom. The van der Waals surface area contributed by atoms with Gasteiger partial charge in [-0.1, -0.05) is 29.4 Å². The average molecular weight is 444 g/mol. The number of rotatable bonds is 9. The number of carbonyl (C=O) groups is 1. The molecule has 31 heavy (non-hydrogen) atoms. The molecule has 0 fully saturated rings. The second-order valence-corrected chi connectivity index (χ2v) is 9.72. The molecule has 0 spiro atoms. The van der Waals surface area contributed by atoms with Crippen LogP contribution in [0.15, 0.2) is 57.8 Å². The van der Waals surface area contributed by atoms with Crippen LogP contribution in [0.25, 0.3) is 0 Å². The molecule has 0 atom stereocenters. The van der Waals surface area contributed by atoms with E-state index in [1.165, 1.54) is 0 Å². The van der Waals surface area contributed by atoms with Crippen molar-refractivity contribution >= 4 is 21.8 Å². The summed E-state index contributed by atoms with van der Waals surface area (Å²) in [6.45, 7) is 5.79. The minimum absolute atomic E-state index is 0.0185. The second kappa shape index (κ2) is 9.74. The third-order valence-electron chi connectivity index (χ3n) is 4.54. The molecule has 1 aromatic heterocycles. The lowest BCUT2D eigenvalue weighted by Gasteiger charge is -2.08. The normalized spacial score (nSPS) is 11.5. The Morgan fingerprint density at radius 2 is 1.68 bits per heavy atom. The van der Waals surface area contributed by atoms with Crippen LogP contribution in [-0.2, 0) is 27.5 Å². The number of ether oxygens (including phenoxy) is 1. The Kier molecular flexibility index (Phi) is 7.06. The number of amides is 1. The number of benzene rings is 2. The number of anilines is 1. The van der Waals surface area contributed by atoms with Crippen molar-refractivity contribution in [2.24, 2.45) is 0 Å². The van der Waals surface area contributed by atoms with Crippen LogP contribution in [0.2, 0.25) is 0 Å². The maximum Gasteiger partial charge on any atom is 0.322 e. The zero-order valence-electron chi connectivity index (χ0n) is 17.7. The molecule has 2 aromatic carbocycles. The highest BCUT2D eigenvalue weighted by molar-refractivity contribution is 7.92. The number of hydrogen-bond acceptors (Lipinski definition) is 7. The number of aromatic nitrogens is 2. The molecule has 1 N–H and O–H groups in total. The summed E-state index contributed by atoms with van der Waals surface area (Å²) in [5.74, 6) is 0.793. The van der Waals surface area contributed by atoms with E-state index >= 15 is 0 Å². The van der Waals surface area contributed by atoms with Crippen LogP contribution in [0.1, 0.15) is 37.8 Å². The fourth-order valence-corrected chi connectivity index (χ4v) is 3.90. The van der Waals surface area contributed by atoms with Crippen molar-refractivity contribution in [2.45, 2.75) is 43.8 Å². The van der Waals surface area contributed by atoms with E-state index in [0.29, 0.717) is 18.9 Å². The molecule has 1 heterocycles. The SMILES string of the molecule is CCOc1ccc(CC(=O)Nc2nnc(Cc3ccc(S(=O)(=O)C(C)C)cc3)o2)cc1. The van der Waals surface area contributed by atoms with E-state index in [-0.39, 0.29) is 23.2 Å². The first-order valence-corrected chi connectivity index (χ1v) is 11.5. The first-order chi connectivity index (χ1) is 14.8. The van der Waals surface area contributed by atoms with E-state index in [9.17, 15) is 13.2 Å². The second-order valence-electron chi connectivity index (χ2n) is 7.22. The molecule has 8 nitrogen and oxygen atoms in total. The summed E-state index contributed by atoms with van der Waals surface area (Å²) in [6.07, 6.45) is 0.486. The molecule has 0 aliphatic carbocycles. The van der Waals surface area contributed by atoms with Crippen LogP contribution in [0.5, 0.6) is 5.75 Å². The van der Waals surface area contributed by atoms with Crippen LogP contribution in [0.4, 0.5) is 6.01 Å². The summed E-state index contributed by atoms with van der Waals surface area (Å²) >= 11 is 0. The van der Waals surface area contributed by atoms with Gasteiger partial charge in [-0.2, -0.15) is 0 Å². The quantitative estimate of drug-likeness (QED) is 0.539. The minimum atomic E-state index is -3.31. The van der Waals surface area contributed by atoms with Crippen LogP contribution < -0.4 is 10.1 Å². The Hall–Kier alpha value is -3.20. The molecule has 0 aliphatic rings. The number of nitrogens with zero attached hydrogens (tertiary/aromatic N) is 2. The molecule has 3 aromatic rings. The van der Waals surface area contributed by atoms with Gasteiger partial charge < -0.3 is 9.15 Å². The largest absolute Gasteiger partial charge is 0.494 e. The van der Waals surface area contributed by atoms with Crippen LogP contribution >= 0.6 is 0 Å². The summed E-state index contributed by atoms with van der Waals surface area (Å²) in [7, 11) is -3.31. The van der Waals surface area contributed by atoms with Gasteiger partial charge in [0.25, 0.3) is 0 Å². The highest BCUT2D eigenvalue weighted by atomic mass is 32.2. The fraction of sp³-hybridized carbons (Fsp3) is 0.318. The van der Waals surface area contributed by atoms with Gasteiger partial charge in [0.05, 0.1) is 29.6 Å². The van der Waals surface area contributed by atoms with E-state index in [4.69, 9.17) is 9.15 Å². The maximum absolute atomic E-state index is 12.2. The molecule has 164 valence electrons. The van der Waals surface area contributed by atoms with Gasteiger partial charge in [0.1, 0.15) is 5.75 Å². The zero-order chi connectivity index (χ0) is 22.4. The van der Waals surface area contributed by atoms with Crippen molar-refractivity contribution in [3.8, 4) is 5.75 Å². The van der Waals surface area contributed by atoms with E-state index in [1.54, 1.807) is 38.1 Å².